The van der Waals surface area contributed by atoms with Crippen molar-refractivity contribution in [3.63, 3.8) is 0 Å². The van der Waals surface area contributed by atoms with Gasteiger partial charge in [0.1, 0.15) is 5.82 Å². The molecule has 0 unspecified atom stereocenters. The maximum absolute atomic E-state index is 13.3. The van der Waals surface area contributed by atoms with Crippen LogP contribution in [-0.4, -0.2) is 11.1 Å². The maximum Gasteiger partial charge on any atom is 0.419 e. The van der Waals surface area contributed by atoms with E-state index in [0.29, 0.717) is 6.07 Å². The monoisotopic (exact) mass is 236 g/mol. The third kappa shape index (κ3) is 2.00. The molecule has 16 heavy (non-hydrogen) atoms. The lowest BCUT2D eigenvalue weighted by Crippen LogP contribution is -2.13. The molecule has 0 aliphatic carbocycles. The van der Waals surface area contributed by atoms with E-state index in [1.807, 2.05) is 0 Å². The second kappa shape index (κ2) is 3.77. The number of hydrogen-bond acceptors (Lipinski definition) is 1. The van der Waals surface area contributed by atoms with Gasteiger partial charge in [-0.1, -0.05) is 0 Å². The molecule has 0 bridgehead atoms. The molecule has 1 rings (SSSR count). The van der Waals surface area contributed by atoms with Crippen LogP contribution in [0.1, 0.15) is 27.0 Å². The molecule has 0 spiro atoms. The van der Waals surface area contributed by atoms with Crippen molar-refractivity contribution >= 4 is 5.97 Å². The molecule has 0 fully saturated rings. The van der Waals surface area contributed by atoms with Crippen molar-refractivity contribution in [1.82, 2.24) is 0 Å². The fourth-order valence-electron chi connectivity index (χ4n) is 1.31. The molecular formula is C10H8F4O2. The van der Waals surface area contributed by atoms with E-state index in [2.05, 4.69) is 0 Å². The molecule has 88 valence electrons. The predicted molar refractivity (Wildman–Crippen MR) is 47.8 cm³/mol. The van der Waals surface area contributed by atoms with Crippen molar-refractivity contribution in [2.75, 3.05) is 0 Å². The summed E-state index contributed by atoms with van der Waals surface area (Å²) in [6, 6.07) is 0.319. The van der Waals surface area contributed by atoms with Crippen LogP contribution in [0.25, 0.3) is 0 Å². The van der Waals surface area contributed by atoms with E-state index in [1.54, 1.807) is 0 Å². The van der Waals surface area contributed by atoms with E-state index in [1.165, 1.54) is 6.92 Å². The first kappa shape index (κ1) is 12.5. The zero-order chi connectivity index (χ0) is 12.7. The molecule has 0 aliphatic rings. The molecule has 0 aliphatic heterocycles. The SMILES string of the molecule is Cc1c(C(=O)O)cc(C(F)(F)F)c(F)c1C. The number of carbonyl (C=O) groups is 1. The molecule has 1 N–H and O–H groups in total. The zero-order valence-corrected chi connectivity index (χ0v) is 8.44. The van der Waals surface area contributed by atoms with Crippen molar-refractivity contribution in [3.05, 3.63) is 34.1 Å². The topological polar surface area (TPSA) is 37.3 Å². The lowest BCUT2D eigenvalue weighted by molar-refractivity contribution is -0.140. The van der Waals surface area contributed by atoms with Crippen LogP contribution in [0, 0.1) is 19.7 Å². The summed E-state index contributed by atoms with van der Waals surface area (Å²) in [6.07, 6.45) is -4.90. The van der Waals surface area contributed by atoms with Gasteiger partial charge in [-0.15, -0.1) is 0 Å². The van der Waals surface area contributed by atoms with Gasteiger partial charge in [0.05, 0.1) is 11.1 Å². The Kier molecular flexibility index (Phi) is 2.94. The summed E-state index contributed by atoms with van der Waals surface area (Å²) in [5.74, 6) is -2.93. The molecule has 0 aromatic heterocycles. The normalized spacial score (nSPS) is 11.6. The minimum absolute atomic E-state index is 0.00185. The van der Waals surface area contributed by atoms with Gasteiger partial charge in [0.25, 0.3) is 0 Å². The average Bonchev–Trinajstić information content (AvgIpc) is 2.11. The molecule has 1 aromatic rings. The van der Waals surface area contributed by atoms with E-state index in [4.69, 9.17) is 5.11 Å². The first-order valence-electron chi connectivity index (χ1n) is 4.26. The second-order valence-electron chi connectivity index (χ2n) is 3.34. The van der Waals surface area contributed by atoms with Gasteiger partial charge in [-0.3, -0.25) is 0 Å². The summed E-state index contributed by atoms with van der Waals surface area (Å²) >= 11 is 0. The number of alkyl halides is 3. The Balaban J connectivity index is 3.61. The number of hydrogen-bond donors (Lipinski definition) is 1. The molecular weight excluding hydrogens is 228 g/mol. The highest BCUT2D eigenvalue weighted by Gasteiger charge is 2.36. The minimum atomic E-state index is -4.90. The maximum atomic E-state index is 13.3. The van der Waals surface area contributed by atoms with Crippen LogP contribution in [0.3, 0.4) is 0 Å². The summed E-state index contributed by atoms with van der Waals surface area (Å²) in [5.41, 5.74) is -2.38. The van der Waals surface area contributed by atoms with Crippen LogP contribution in [-0.2, 0) is 6.18 Å². The third-order valence-electron chi connectivity index (χ3n) is 2.36. The van der Waals surface area contributed by atoms with Crippen LogP contribution in [0.15, 0.2) is 6.07 Å². The van der Waals surface area contributed by atoms with Crippen molar-refractivity contribution in [3.8, 4) is 0 Å². The zero-order valence-electron chi connectivity index (χ0n) is 8.44. The molecule has 0 radical (unpaired) electrons. The Hall–Kier alpha value is -1.59. The Morgan fingerprint density at radius 1 is 1.25 bits per heavy atom. The summed E-state index contributed by atoms with van der Waals surface area (Å²) in [7, 11) is 0. The van der Waals surface area contributed by atoms with Gasteiger partial charge in [0.2, 0.25) is 0 Å². The fourth-order valence-corrected chi connectivity index (χ4v) is 1.31. The number of halogens is 4. The molecule has 0 saturated carbocycles. The first-order valence-corrected chi connectivity index (χ1v) is 4.26. The minimum Gasteiger partial charge on any atom is -0.478 e. The first-order chi connectivity index (χ1) is 7.16. The van der Waals surface area contributed by atoms with Crippen LogP contribution < -0.4 is 0 Å². The molecule has 2 nitrogen and oxygen atoms in total. The van der Waals surface area contributed by atoms with Gasteiger partial charge in [-0.05, 0) is 31.0 Å². The number of carboxylic acids is 1. The van der Waals surface area contributed by atoms with Crippen LogP contribution in [0.2, 0.25) is 0 Å². The Morgan fingerprint density at radius 2 is 1.75 bits per heavy atom. The van der Waals surface area contributed by atoms with E-state index in [0.717, 1.165) is 6.92 Å². The Bertz CT molecular complexity index is 449. The summed E-state index contributed by atoms with van der Waals surface area (Å²) < 4.78 is 50.4. The van der Waals surface area contributed by atoms with Gasteiger partial charge < -0.3 is 5.11 Å². The van der Waals surface area contributed by atoms with Gasteiger partial charge in [-0.2, -0.15) is 13.2 Å². The average molecular weight is 236 g/mol. The number of carboxylic acid groups (broad SMARTS) is 1. The highest BCUT2D eigenvalue weighted by molar-refractivity contribution is 5.90. The molecule has 1 aromatic carbocycles. The third-order valence-corrected chi connectivity index (χ3v) is 2.36. The van der Waals surface area contributed by atoms with Crippen molar-refractivity contribution in [2.45, 2.75) is 20.0 Å². The van der Waals surface area contributed by atoms with Crippen LogP contribution in [0.5, 0.6) is 0 Å². The molecule has 6 heteroatoms. The molecule has 0 heterocycles. The standard InChI is InChI=1S/C10H8F4O2/c1-4-5(2)8(11)7(10(12,13)14)3-6(4)9(15)16/h3H,1-2H3,(H,15,16). The Morgan fingerprint density at radius 3 is 2.12 bits per heavy atom. The van der Waals surface area contributed by atoms with Crippen molar-refractivity contribution in [2.24, 2.45) is 0 Å². The lowest BCUT2D eigenvalue weighted by atomic mass is 9.98. The summed E-state index contributed by atoms with van der Waals surface area (Å²) in [6.45, 7) is 2.38. The van der Waals surface area contributed by atoms with Gasteiger partial charge in [0.15, 0.2) is 0 Å². The van der Waals surface area contributed by atoms with E-state index < -0.39 is 29.1 Å². The predicted octanol–water partition coefficient (Wildman–Crippen LogP) is 3.16. The lowest BCUT2D eigenvalue weighted by Gasteiger charge is -2.13. The van der Waals surface area contributed by atoms with Crippen LogP contribution >= 0.6 is 0 Å². The van der Waals surface area contributed by atoms with Crippen molar-refractivity contribution in [1.29, 1.82) is 0 Å². The number of benzene rings is 1. The van der Waals surface area contributed by atoms with E-state index >= 15 is 0 Å². The van der Waals surface area contributed by atoms with Crippen molar-refractivity contribution < 1.29 is 27.5 Å². The van der Waals surface area contributed by atoms with E-state index in [-0.39, 0.29) is 11.1 Å². The summed E-state index contributed by atoms with van der Waals surface area (Å²) in [5, 5.41) is 8.68. The van der Waals surface area contributed by atoms with Gasteiger partial charge >= 0.3 is 12.1 Å². The number of aromatic carboxylic acids is 1. The number of rotatable bonds is 1. The molecule has 0 atom stereocenters. The van der Waals surface area contributed by atoms with Gasteiger partial charge in [-0.25, -0.2) is 9.18 Å². The van der Waals surface area contributed by atoms with Gasteiger partial charge in [0, 0.05) is 0 Å². The smallest absolute Gasteiger partial charge is 0.419 e. The Labute approximate surface area is 88.5 Å². The van der Waals surface area contributed by atoms with E-state index in [9.17, 15) is 22.4 Å². The molecule has 0 amide bonds. The highest BCUT2D eigenvalue weighted by atomic mass is 19.4. The van der Waals surface area contributed by atoms with Crippen LogP contribution in [0.4, 0.5) is 17.6 Å². The second-order valence-corrected chi connectivity index (χ2v) is 3.34. The molecule has 0 saturated heterocycles. The highest BCUT2D eigenvalue weighted by Crippen LogP contribution is 2.34. The summed E-state index contributed by atoms with van der Waals surface area (Å²) in [4.78, 5) is 10.7. The largest absolute Gasteiger partial charge is 0.478 e. The fraction of sp³-hybridized carbons (Fsp3) is 0.300. The quantitative estimate of drug-likeness (QED) is 0.760.